The number of nitriles is 1. The number of hydrogen-bond acceptors (Lipinski definition) is 10. The molecule has 0 aliphatic carbocycles. The second-order valence-corrected chi connectivity index (χ2v) is 7.29. The number of carbonyl (C=O) groups is 1. The SMILES string of the molecule is CC(=NNC(=O)c1nnn(-c2nonc2N)c1CN(C)c1ccccc1)c1ccc(C#N)cc1. The lowest BCUT2D eigenvalue weighted by atomic mass is 10.1. The van der Waals surface area contributed by atoms with Gasteiger partial charge in [-0.05, 0) is 47.1 Å². The fraction of sp³-hybridized carbons (Fsp3) is 0.136. The standard InChI is InChI=1S/C22H20N10O2/c1-14(16-10-8-15(12-23)9-11-16)25-27-22(33)19-18(13-31(2)17-6-4-3-5-7-17)32(30-26-19)21-20(24)28-34-29-21/h3-11H,13H2,1-2H3,(H2,24,28)(H,27,33). The minimum absolute atomic E-state index is 0.00940. The van der Waals surface area contributed by atoms with E-state index in [9.17, 15) is 4.79 Å². The van der Waals surface area contributed by atoms with Crippen LogP contribution in [0, 0.1) is 11.3 Å². The Balaban J connectivity index is 1.62. The number of nitrogens with two attached hydrogens (primary N) is 1. The second-order valence-electron chi connectivity index (χ2n) is 7.29. The van der Waals surface area contributed by atoms with E-state index in [0.717, 1.165) is 11.3 Å². The topological polar surface area (TPSA) is 164 Å². The number of rotatable bonds is 7. The zero-order valence-electron chi connectivity index (χ0n) is 18.4. The van der Waals surface area contributed by atoms with Crippen molar-refractivity contribution < 1.29 is 9.42 Å². The molecular formula is C22H20N10O2. The highest BCUT2D eigenvalue weighted by molar-refractivity contribution is 6.00. The van der Waals surface area contributed by atoms with Gasteiger partial charge in [-0.15, -0.1) is 5.10 Å². The van der Waals surface area contributed by atoms with Gasteiger partial charge in [0.2, 0.25) is 11.6 Å². The van der Waals surface area contributed by atoms with Crippen LogP contribution in [0.4, 0.5) is 11.5 Å². The molecule has 12 heteroatoms. The average molecular weight is 456 g/mol. The van der Waals surface area contributed by atoms with Crippen molar-refractivity contribution in [3.05, 3.63) is 77.1 Å². The molecule has 0 spiro atoms. The van der Waals surface area contributed by atoms with Gasteiger partial charge < -0.3 is 10.6 Å². The van der Waals surface area contributed by atoms with E-state index in [-0.39, 0.29) is 23.9 Å². The number of hydrazone groups is 1. The summed E-state index contributed by atoms with van der Waals surface area (Å²) in [5, 5.41) is 28.5. The van der Waals surface area contributed by atoms with Crippen LogP contribution in [0.1, 0.15) is 34.2 Å². The van der Waals surface area contributed by atoms with E-state index < -0.39 is 5.91 Å². The third kappa shape index (κ3) is 4.58. The fourth-order valence-corrected chi connectivity index (χ4v) is 3.16. The molecule has 12 nitrogen and oxygen atoms in total. The Morgan fingerprint density at radius 2 is 1.94 bits per heavy atom. The van der Waals surface area contributed by atoms with Crippen molar-refractivity contribution in [2.24, 2.45) is 5.10 Å². The molecule has 0 saturated heterocycles. The molecule has 0 atom stereocenters. The first-order valence-corrected chi connectivity index (χ1v) is 10.1. The zero-order valence-corrected chi connectivity index (χ0v) is 18.4. The van der Waals surface area contributed by atoms with Crippen LogP contribution in [-0.4, -0.2) is 44.0 Å². The maximum atomic E-state index is 13.0. The number of nitrogens with zero attached hydrogens (tertiary/aromatic N) is 8. The predicted molar refractivity (Wildman–Crippen MR) is 123 cm³/mol. The number of anilines is 2. The number of benzene rings is 2. The van der Waals surface area contributed by atoms with Crippen molar-refractivity contribution in [1.29, 1.82) is 5.26 Å². The van der Waals surface area contributed by atoms with Gasteiger partial charge in [0.05, 0.1) is 29.6 Å². The molecule has 0 aliphatic rings. The highest BCUT2D eigenvalue weighted by atomic mass is 16.6. The molecule has 2 aromatic heterocycles. The Bertz CT molecular complexity index is 1370. The number of para-hydroxylation sites is 1. The van der Waals surface area contributed by atoms with E-state index in [0.29, 0.717) is 17.0 Å². The Morgan fingerprint density at radius 3 is 2.59 bits per heavy atom. The predicted octanol–water partition coefficient (Wildman–Crippen LogP) is 1.89. The summed E-state index contributed by atoms with van der Waals surface area (Å²) in [7, 11) is 1.87. The number of aromatic nitrogens is 5. The van der Waals surface area contributed by atoms with Gasteiger partial charge in [0, 0.05) is 12.7 Å². The van der Waals surface area contributed by atoms with Crippen LogP contribution in [0.5, 0.6) is 0 Å². The molecule has 34 heavy (non-hydrogen) atoms. The van der Waals surface area contributed by atoms with Crippen molar-refractivity contribution in [3.8, 4) is 11.9 Å². The Labute approximate surface area is 194 Å². The maximum Gasteiger partial charge on any atom is 0.293 e. The van der Waals surface area contributed by atoms with Crippen molar-refractivity contribution in [1.82, 2.24) is 30.7 Å². The van der Waals surface area contributed by atoms with Crippen LogP contribution in [0.2, 0.25) is 0 Å². The number of carbonyl (C=O) groups excluding carboxylic acids is 1. The molecule has 2 heterocycles. The maximum absolute atomic E-state index is 13.0. The van der Waals surface area contributed by atoms with Crippen molar-refractivity contribution in [2.75, 3.05) is 17.7 Å². The second kappa shape index (κ2) is 9.61. The van der Waals surface area contributed by atoms with Gasteiger partial charge in [-0.2, -0.15) is 15.0 Å². The van der Waals surface area contributed by atoms with Gasteiger partial charge in [-0.1, -0.05) is 35.5 Å². The molecule has 1 amide bonds. The van der Waals surface area contributed by atoms with Crippen LogP contribution in [0.3, 0.4) is 0 Å². The minimum atomic E-state index is -0.564. The smallest absolute Gasteiger partial charge is 0.293 e. The number of nitrogen functional groups attached to an aromatic ring is 1. The van der Waals surface area contributed by atoms with Gasteiger partial charge in [0.1, 0.15) is 0 Å². The Kier molecular flexibility index (Phi) is 6.26. The summed E-state index contributed by atoms with van der Waals surface area (Å²) in [6, 6.07) is 18.5. The summed E-state index contributed by atoms with van der Waals surface area (Å²) < 4.78 is 6.01. The lowest BCUT2D eigenvalue weighted by Gasteiger charge is -2.19. The van der Waals surface area contributed by atoms with E-state index in [2.05, 4.69) is 41.9 Å². The third-order valence-electron chi connectivity index (χ3n) is 5.02. The van der Waals surface area contributed by atoms with E-state index in [1.807, 2.05) is 42.3 Å². The summed E-state index contributed by atoms with van der Waals surface area (Å²) >= 11 is 0. The molecule has 0 fully saturated rings. The van der Waals surface area contributed by atoms with Gasteiger partial charge >= 0.3 is 0 Å². The average Bonchev–Trinajstić information content (AvgIpc) is 3.48. The van der Waals surface area contributed by atoms with Gasteiger partial charge in [0.15, 0.2) is 5.69 Å². The third-order valence-corrected chi connectivity index (χ3v) is 5.02. The van der Waals surface area contributed by atoms with Crippen molar-refractivity contribution >= 4 is 23.1 Å². The largest absolute Gasteiger partial charge is 0.378 e. The summed E-state index contributed by atoms with van der Waals surface area (Å²) in [6.45, 7) is 1.99. The number of amides is 1. The molecule has 0 unspecified atom stereocenters. The molecule has 0 saturated carbocycles. The van der Waals surface area contributed by atoms with Crippen LogP contribution in [-0.2, 0) is 6.54 Å². The van der Waals surface area contributed by atoms with Gasteiger partial charge in [0.25, 0.3) is 5.91 Å². The molecule has 3 N–H and O–H groups in total. The van der Waals surface area contributed by atoms with Crippen LogP contribution in [0.15, 0.2) is 64.3 Å². The minimum Gasteiger partial charge on any atom is -0.378 e. The Hall–Kier alpha value is -5.05. The highest BCUT2D eigenvalue weighted by Gasteiger charge is 2.25. The van der Waals surface area contributed by atoms with E-state index in [4.69, 9.17) is 11.0 Å². The van der Waals surface area contributed by atoms with Crippen LogP contribution < -0.4 is 16.1 Å². The van der Waals surface area contributed by atoms with E-state index in [1.165, 1.54) is 4.68 Å². The molecule has 2 aromatic carbocycles. The number of nitrogens with one attached hydrogen (secondary N) is 1. The monoisotopic (exact) mass is 456 g/mol. The quantitative estimate of drug-likeness (QED) is 0.312. The summed E-state index contributed by atoms with van der Waals surface area (Å²) in [5.74, 6) is -0.429. The lowest BCUT2D eigenvalue weighted by molar-refractivity contribution is 0.0948. The van der Waals surface area contributed by atoms with Crippen molar-refractivity contribution in [3.63, 3.8) is 0 Å². The zero-order chi connectivity index (χ0) is 24.1. The first-order chi connectivity index (χ1) is 16.5. The molecule has 4 aromatic rings. The van der Waals surface area contributed by atoms with Crippen molar-refractivity contribution in [2.45, 2.75) is 13.5 Å². The fourth-order valence-electron chi connectivity index (χ4n) is 3.16. The van der Waals surface area contributed by atoms with Crippen LogP contribution in [0.25, 0.3) is 5.82 Å². The first-order valence-electron chi connectivity index (χ1n) is 10.1. The normalized spacial score (nSPS) is 11.1. The molecule has 0 bridgehead atoms. The number of hydrogen-bond donors (Lipinski definition) is 2. The molecular weight excluding hydrogens is 436 g/mol. The van der Waals surface area contributed by atoms with E-state index in [1.54, 1.807) is 31.2 Å². The molecule has 0 radical (unpaired) electrons. The molecule has 0 aliphatic heterocycles. The summed E-state index contributed by atoms with van der Waals surface area (Å²) in [5.41, 5.74) is 11.6. The summed E-state index contributed by atoms with van der Waals surface area (Å²) in [4.78, 5) is 14.9. The van der Waals surface area contributed by atoms with Gasteiger partial charge in [-0.3, -0.25) is 4.79 Å². The highest BCUT2D eigenvalue weighted by Crippen LogP contribution is 2.20. The van der Waals surface area contributed by atoms with Crippen LogP contribution >= 0.6 is 0 Å². The molecule has 170 valence electrons. The lowest BCUT2D eigenvalue weighted by Crippen LogP contribution is -2.25. The Morgan fingerprint density at radius 1 is 1.21 bits per heavy atom. The van der Waals surface area contributed by atoms with Gasteiger partial charge in [-0.25, -0.2) is 10.1 Å². The summed E-state index contributed by atoms with van der Waals surface area (Å²) in [6.07, 6.45) is 0. The molecule has 4 rings (SSSR count). The van der Waals surface area contributed by atoms with E-state index >= 15 is 0 Å². The first kappa shape index (κ1) is 22.2.